The van der Waals surface area contributed by atoms with Crippen molar-refractivity contribution >= 4 is 15.7 Å². The summed E-state index contributed by atoms with van der Waals surface area (Å²) in [6.07, 6.45) is 0. The molecule has 0 aliphatic carbocycles. The van der Waals surface area contributed by atoms with Crippen molar-refractivity contribution < 1.29 is 22.8 Å². The van der Waals surface area contributed by atoms with E-state index in [2.05, 4.69) is 4.72 Å². The van der Waals surface area contributed by atoms with E-state index in [-0.39, 0.29) is 23.7 Å². The summed E-state index contributed by atoms with van der Waals surface area (Å²) in [5.41, 5.74) is -0.171. The first-order chi connectivity index (χ1) is 11.4. The number of hydrogen-bond donors (Lipinski definition) is 1. The van der Waals surface area contributed by atoms with Gasteiger partial charge in [-0.2, -0.15) is 0 Å². The Kier molecular flexibility index (Phi) is 5.72. The Morgan fingerprint density at radius 3 is 2.42 bits per heavy atom. The molecule has 1 N–H and O–H groups in total. The normalized spacial score (nSPS) is 11.0. The van der Waals surface area contributed by atoms with Gasteiger partial charge in [-0.05, 0) is 24.3 Å². The number of rotatable bonds is 8. The van der Waals surface area contributed by atoms with E-state index in [1.807, 2.05) is 0 Å². The van der Waals surface area contributed by atoms with Gasteiger partial charge in [-0.1, -0.05) is 6.07 Å². The predicted molar refractivity (Wildman–Crippen MR) is 86.8 cm³/mol. The van der Waals surface area contributed by atoms with Gasteiger partial charge >= 0.3 is 0 Å². The summed E-state index contributed by atoms with van der Waals surface area (Å²) in [5.74, 6) is 1.20. The lowest BCUT2D eigenvalue weighted by Gasteiger charge is -2.09. The Morgan fingerprint density at radius 1 is 1.12 bits per heavy atom. The van der Waals surface area contributed by atoms with Crippen LogP contribution in [0.1, 0.15) is 0 Å². The number of non-ortho nitro benzene ring substituents is 1. The number of nitro groups is 1. The van der Waals surface area contributed by atoms with Crippen molar-refractivity contribution in [3.05, 3.63) is 58.6 Å². The third kappa shape index (κ3) is 4.67. The molecule has 2 rings (SSSR count). The zero-order chi connectivity index (χ0) is 17.6. The third-order valence-electron chi connectivity index (χ3n) is 3.06. The zero-order valence-corrected chi connectivity index (χ0v) is 13.7. The van der Waals surface area contributed by atoms with Crippen LogP contribution in [0.25, 0.3) is 0 Å². The largest absolute Gasteiger partial charge is 0.497 e. The Labute approximate surface area is 139 Å². The lowest BCUT2D eigenvalue weighted by Crippen LogP contribution is -2.28. The van der Waals surface area contributed by atoms with Crippen LogP contribution in [-0.2, 0) is 10.0 Å². The second kappa shape index (κ2) is 7.75. The summed E-state index contributed by atoms with van der Waals surface area (Å²) in [6.45, 7) is 0.176. The van der Waals surface area contributed by atoms with Crippen LogP contribution < -0.4 is 14.2 Å². The first kappa shape index (κ1) is 17.7. The van der Waals surface area contributed by atoms with E-state index < -0.39 is 14.9 Å². The van der Waals surface area contributed by atoms with Gasteiger partial charge in [0.2, 0.25) is 10.0 Å². The number of ether oxygens (including phenoxy) is 2. The van der Waals surface area contributed by atoms with Crippen LogP contribution in [0, 0.1) is 10.1 Å². The van der Waals surface area contributed by atoms with Gasteiger partial charge in [-0.3, -0.25) is 10.1 Å². The molecule has 2 aromatic carbocycles. The van der Waals surface area contributed by atoms with Crippen LogP contribution in [0.3, 0.4) is 0 Å². The van der Waals surface area contributed by atoms with Crippen molar-refractivity contribution in [3.8, 4) is 11.5 Å². The SMILES string of the molecule is COc1cccc(OCCNS(=O)(=O)c2ccc([N+](=O)[O-])cc2)c1. The van der Waals surface area contributed by atoms with E-state index in [0.717, 1.165) is 12.1 Å². The van der Waals surface area contributed by atoms with Crippen molar-refractivity contribution in [2.45, 2.75) is 4.90 Å². The second-order valence-corrected chi connectivity index (χ2v) is 6.44. The van der Waals surface area contributed by atoms with Gasteiger partial charge < -0.3 is 9.47 Å². The smallest absolute Gasteiger partial charge is 0.269 e. The summed E-state index contributed by atoms with van der Waals surface area (Å²) in [5, 5.41) is 10.6. The maximum Gasteiger partial charge on any atom is 0.269 e. The summed E-state index contributed by atoms with van der Waals surface area (Å²) in [7, 11) is -2.21. The van der Waals surface area contributed by atoms with Gasteiger partial charge in [0.15, 0.2) is 0 Å². The molecule has 24 heavy (non-hydrogen) atoms. The van der Waals surface area contributed by atoms with Gasteiger partial charge in [0.25, 0.3) is 5.69 Å². The fraction of sp³-hybridized carbons (Fsp3) is 0.200. The summed E-state index contributed by atoms with van der Waals surface area (Å²) < 4.78 is 37.0. The van der Waals surface area contributed by atoms with Gasteiger partial charge in [-0.25, -0.2) is 13.1 Å². The van der Waals surface area contributed by atoms with Gasteiger partial charge in [0.05, 0.1) is 16.9 Å². The lowest BCUT2D eigenvalue weighted by molar-refractivity contribution is -0.384. The maximum absolute atomic E-state index is 12.1. The molecule has 0 atom stereocenters. The zero-order valence-electron chi connectivity index (χ0n) is 12.8. The molecule has 128 valence electrons. The fourth-order valence-electron chi connectivity index (χ4n) is 1.87. The quantitative estimate of drug-likeness (QED) is 0.442. The van der Waals surface area contributed by atoms with Crippen LogP contribution in [0.4, 0.5) is 5.69 Å². The lowest BCUT2D eigenvalue weighted by atomic mass is 10.3. The molecule has 0 spiro atoms. The fourth-order valence-corrected chi connectivity index (χ4v) is 2.88. The molecule has 0 bridgehead atoms. The minimum atomic E-state index is -3.75. The molecule has 2 aromatic rings. The van der Waals surface area contributed by atoms with Gasteiger partial charge in [0.1, 0.15) is 18.1 Å². The Balaban J connectivity index is 1.89. The van der Waals surface area contributed by atoms with E-state index >= 15 is 0 Å². The maximum atomic E-state index is 12.1. The molecule has 0 unspecified atom stereocenters. The molecule has 0 heterocycles. The van der Waals surface area contributed by atoms with Crippen molar-refractivity contribution in [2.24, 2.45) is 0 Å². The predicted octanol–water partition coefficient (Wildman–Crippen LogP) is 1.96. The number of sulfonamides is 1. The van der Waals surface area contributed by atoms with E-state index in [0.29, 0.717) is 11.5 Å². The van der Waals surface area contributed by atoms with Crippen LogP contribution >= 0.6 is 0 Å². The highest BCUT2D eigenvalue weighted by atomic mass is 32.2. The minimum Gasteiger partial charge on any atom is -0.497 e. The molecule has 0 aliphatic heterocycles. The average Bonchev–Trinajstić information content (AvgIpc) is 2.59. The number of nitrogens with one attached hydrogen (secondary N) is 1. The first-order valence-corrected chi connectivity index (χ1v) is 8.41. The number of benzene rings is 2. The molecule has 8 nitrogen and oxygen atoms in total. The van der Waals surface area contributed by atoms with E-state index in [4.69, 9.17) is 9.47 Å². The molecular formula is C15H16N2O6S. The molecule has 0 amide bonds. The molecule has 0 aliphatic rings. The van der Waals surface area contributed by atoms with Crippen molar-refractivity contribution in [3.63, 3.8) is 0 Å². The molecule has 9 heteroatoms. The Morgan fingerprint density at radius 2 is 1.79 bits per heavy atom. The molecule has 0 saturated carbocycles. The molecule has 0 aromatic heterocycles. The van der Waals surface area contributed by atoms with Crippen LogP contribution in [0.15, 0.2) is 53.4 Å². The number of nitro benzene ring substituents is 1. The first-order valence-electron chi connectivity index (χ1n) is 6.93. The monoisotopic (exact) mass is 352 g/mol. The Hall–Kier alpha value is -2.65. The number of nitrogens with zero attached hydrogens (tertiary/aromatic N) is 1. The summed E-state index contributed by atoms with van der Waals surface area (Å²) in [4.78, 5) is 9.93. The highest BCUT2D eigenvalue weighted by molar-refractivity contribution is 7.89. The molecule has 0 saturated heterocycles. The number of hydrogen-bond acceptors (Lipinski definition) is 6. The van der Waals surface area contributed by atoms with Gasteiger partial charge in [-0.15, -0.1) is 0 Å². The van der Waals surface area contributed by atoms with Crippen molar-refractivity contribution in [1.82, 2.24) is 4.72 Å². The number of methoxy groups -OCH3 is 1. The Bertz CT molecular complexity index is 805. The van der Waals surface area contributed by atoms with E-state index in [9.17, 15) is 18.5 Å². The van der Waals surface area contributed by atoms with Crippen molar-refractivity contribution in [2.75, 3.05) is 20.3 Å². The van der Waals surface area contributed by atoms with Crippen LogP contribution in [-0.4, -0.2) is 33.6 Å². The molecular weight excluding hydrogens is 336 g/mol. The highest BCUT2D eigenvalue weighted by Crippen LogP contribution is 2.19. The molecule has 0 fully saturated rings. The third-order valence-corrected chi connectivity index (χ3v) is 4.54. The minimum absolute atomic E-state index is 0.0468. The van der Waals surface area contributed by atoms with Gasteiger partial charge in [0, 0.05) is 24.7 Å². The average molecular weight is 352 g/mol. The standard InChI is InChI=1S/C15H16N2O6S/c1-22-13-3-2-4-14(11-13)23-10-9-16-24(20,21)15-7-5-12(6-8-15)17(18)19/h2-8,11,16H,9-10H2,1H3. The summed E-state index contributed by atoms with van der Waals surface area (Å²) in [6, 6.07) is 11.6. The van der Waals surface area contributed by atoms with Crippen LogP contribution in [0.2, 0.25) is 0 Å². The highest BCUT2D eigenvalue weighted by Gasteiger charge is 2.15. The van der Waals surface area contributed by atoms with Crippen LogP contribution in [0.5, 0.6) is 11.5 Å². The molecule has 0 radical (unpaired) electrons. The second-order valence-electron chi connectivity index (χ2n) is 4.68. The van der Waals surface area contributed by atoms with Crippen molar-refractivity contribution in [1.29, 1.82) is 0 Å². The topological polar surface area (TPSA) is 108 Å². The summed E-state index contributed by atoms with van der Waals surface area (Å²) >= 11 is 0. The van der Waals surface area contributed by atoms with E-state index in [1.165, 1.54) is 19.2 Å². The van der Waals surface area contributed by atoms with E-state index in [1.54, 1.807) is 24.3 Å².